The summed E-state index contributed by atoms with van der Waals surface area (Å²) in [5.74, 6) is 0. The van der Waals surface area contributed by atoms with Crippen molar-refractivity contribution in [2.24, 2.45) is 0 Å². The minimum atomic E-state index is -4.27. The van der Waals surface area contributed by atoms with Crippen molar-refractivity contribution >= 4 is 32.7 Å². The van der Waals surface area contributed by atoms with Crippen LogP contribution in [0.15, 0.2) is 29.2 Å². The van der Waals surface area contributed by atoms with Crippen molar-refractivity contribution in [3.8, 4) is 0 Å². The standard InChI is InChI=1S/C6H4IO3S/c7-5-1-3-6(4-2-5)11(8,9)10/h1-4H. The van der Waals surface area contributed by atoms with Crippen molar-refractivity contribution in [1.29, 1.82) is 0 Å². The van der Waals surface area contributed by atoms with Crippen molar-refractivity contribution in [1.82, 2.24) is 0 Å². The topological polar surface area (TPSA) is 54.0 Å². The minimum absolute atomic E-state index is 0.182. The molecule has 0 aliphatic rings. The van der Waals surface area contributed by atoms with Gasteiger partial charge in [0.2, 0.25) is 0 Å². The summed E-state index contributed by atoms with van der Waals surface area (Å²) in [5.41, 5.74) is 0. The van der Waals surface area contributed by atoms with E-state index < -0.39 is 10.1 Å². The fraction of sp³-hybridized carbons (Fsp3) is 0. The van der Waals surface area contributed by atoms with Crippen LogP contribution in [0.4, 0.5) is 0 Å². The minimum Gasteiger partial charge on any atom is -0.192 e. The Hall–Kier alpha value is -0.140. The van der Waals surface area contributed by atoms with Crippen LogP contribution in [0.5, 0.6) is 0 Å². The Balaban J connectivity index is 3.20. The lowest BCUT2D eigenvalue weighted by atomic mass is 10.4. The van der Waals surface area contributed by atoms with Gasteiger partial charge in [0, 0.05) is 3.57 Å². The summed E-state index contributed by atoms with van der Waals surface area (Å²) in [6.07, 6.45) is 0. The molecule has 59 valence electrons. The van der Waals surface area contributed by atoms with Gasteiger partial charge in [0.1, 0.15) is 0 Å². The highest BCUT2D eigenvalue weighted by atomic mass is 127. The van der Waals surface area contributed by atoms with Crippen LogP contribution in [0.3, 0.4) is 0 Å². The Morgan fingerprint density at radius 1 is 1.09 bits per heavy atom. The summed E-state index contributed by atoms with van der Waals surface area (Å²) in [6, 6.07) is 5.74. The second-order valence-corrected chi connectivity index (χ2v) is 4.53. The summed E-state index contributed by atoms with van der Waals surface area (Å²) in [7, 11) is -4.27. The van der Waals surface area contributed by atoms with Gasteiger partial charge >= 0.3 is 10.1 Å². The molecule has 1 aromatic rings. The van der Waals surface area contributed by atoms with Crippen LogP contribution in [0.1, 0.15) is 0 Å². The van der Waals surface area contributed by atoms with Crippen molar-refractivity contribution in [3.63, 3.8) is 0 Å². The van der Waals surface area contributed by atoms with Crippen molar-refractivity contribution in [2.45, 2.75) is 4.90 Å². The lowest BCUT2D eigenvalue weighted by Gasteiger charge is -1.92. The molecule has 1 radical (unpaired) electrons. The third-order valence-electron chi connectivity index (χ3n) is 1.10. The molecule has 0 aliphatic heterocycles. The molecule has 0 saturated heterocycles. The van der Waals surface area contributed by atoms with Crippen molar-refractivity contribution in [3.05, 3.63) is 27.8 Å². The molecule has 0 aliphatic carbocycles. The monoisotopic (exact) mass is 283 g/mol. The lowest BCUT2D eigenvalue weighted by Crippen LogP contribution is -1.94. The molecule has 0 atom stereocenters. The molecule has 0 unspecified atom stereocenters. The van der Waals surface area contributed by atoms with Crippen LogP contribution in [0.2, 0.25) is 0 Å². The highest BCUT2D eigenvalue weighted by Gasteiger charge is 2.09. The molecule has 0 saturated carbocycles. The number of hydrogen-bond donors (Lipinski definition) is 0. The van der Waals surface area contributed by atoms with Gasteiger partial charge in [-0.1, -0.05) is 4.55 Å². The second kappa shape index (κ2) is 3.08. The Kier molecular flexibility index (Phi) is 2.50. The smallest absolute Gasteiger partial charge is 0.192 e. The van der Waals surface area contributed by atoms with Gasteiger partial charge in [-0.05, 0) is 46.9 Å². The first kappa shape index (κ1) is 8.95. The highest BCUT2D eigenvalue weighted by molar-refractivity contribution is 14.1. The maximum atomic E-state index is 10.4. The molecule has 0 N–H and O–H groups in total. The third kappa shape index (κ3) is 2.42. The van der Waals surface area contributed by atoms with Gasteiger partial charge in [-0.3, -0.25) is 0 Å². The lowest BCUT2D eigenvalue weighted by molar-refractivity contribution is 0.414. The average molecular weight is 283 g/mol. The zero-order valence-electron chi connectivity index (χ0n) is 5.32. The van der Waals surface area contributed by atoms with E-state index in [4.69, 9.17) is 0 Å². The van der Waals surface area contributed by atoms with Gasteiger partial charge in [-0.2, -0.15) is 8.42 Å². The van der Waals surface area contributed by atoms with Crippen LogP contribution < -0.4 is 0 Å². The Labute approximate surface area is 78.3 Å². The molecule has 3 nitrogen and oxygen atoms in total. The molecule has 1 rings (SSSR count). The zero-order valence-corrected chi connectivity index (χ0v) is 8.29. The molecular weight excluding hydrogens is 279 g/mol. The molecule has 5 heteroatoms. The Bertz CT molecular complexity index is 341. The number of halogens is 1. The summed E-state index contributed by atoms with van der Waals surface area (Å²) < 4.78 is 32.1. The van der Waals surface area contributed by atoms with Gasteiger partial charge in [-0.15, -0.1) is 0 Å². The van der Waals surface area contributed by atoms with Gasteiger partial charge in [0.25, 0.3) is 0 Å². The maximum absolute atomic E-state index is 10.4. The number of benzene rings is 1. The molecule has 0 bridgehead atoms. The van der Waals surface area contributed by atoms with E-state index in [1.165, 1.54) is 12.1 Å². The predicted molar refractivity (Wildman–Crippen MR) is 47.0 cm³/mol. The van der Waals surface area contributed by atoms with Crippen LogP contribution in [-0.4, -0.2) is 8.42 Å². The SMILES string of the molecule is [O]S(=O)(=O)c1ccc(I)cc1. The third-order valence-corrected chi connectivity index (χ3v) is 2.67. The van der Waals surface area contributed by atoms with E-state index in [9.17, 15) is 13.0 Å². The Morgan fingerprint density at radius 3 is 1.91 bits per heavy atom. The van der Waals surface area contributed by atoms with E-state index in [0.29, 0.717) is 0 Å². The first-order valence-corrected chi connectivity index (χ1v) is 5.20. The summed E-state index contributed by atoms with van der Waals surface area (Å²) in [6.45, 7) is 0. The van der Waals surface area contributed by atoms with Crippen molar-refractivity contribution in [2.75, 3.05) is 0 Å². The van der Waals surface area contributed by atoms with Gasteiger partial charge in [-0.25, -0.2) is 0 Å². The van der Waals surface area contributed by atoms with E-state index in [1.54, 1.807) is 12.1 Å². The van der Waals surface area contributed by atoms with E-state index in [1.807, 2.05) is 22.6 Å². The van der Waals surface area contributed by atoms with E-state index in [-0.39, 0.29) is 4.90 Å². The number of rotatable bonds is 1. The van der Waals surface area contributed by atoms with Crippen LogP contribution in [0.25, 0.3) is 0 Å². The molecule has 0 spiro atoms. The summed E-state index contributed by atoms with van der Waals surface area (Å²) in [5, 5.41) is 0. The molecule has 0 heterocycles. The fourth-order valence-electron chi connectivity index (χ4n) is 0.601. The fourth-order valence-corrected chi connectivity index (χ4v) is 1.43. The van der Waals surface area contributed by atoms with Gasteiger partial charge in [0.15, 0.2) is 0 Å². The number of hydrogen-bond acceptors (Lipinski definition) is 2. The molecule has 0 aromatic heterocycles. The molecule has 0 amide bonds. The first-order chi connectivity index (χ1) is 5.00. The molecule has 0 fully saturated rings. The first-order valence-electron chi connectivity index (χ1n) is 2.71. The summed E-state index contributed by atoms with van der Waals surface area (Å²) >= 11 is 2.03. The molecule has 11 heavy (non-hydrogen) atoms. The second-order valence-electron chi connectivity index (χ2n) is 1.91. The van der Waals surface area contributed by atoms with E-state index in [2.05, 4.69) is 0 Å². The van der Waals surface area contributed by atoms with Crippen LogP contribution in [0, 0.1) is 3.57 Å². The quantitative estimate of drug-likeness (QED) is 0.732. The molecule has 1 aromatic carbocycles. The van der Waals surface area contributed by atoms with Crippen LogP contribution >= 0.6 is 22.6 Å². The van der Waals surface area contributed by atoms with Gasteiger partial charge in [0.05, 0.1) is 4.90 Å². The predicted octanol–water partition coefficient (Wildman–Crippen LogP) is 1.41. The normalized spacial score (nSPS) is 11.5. The molecular formula is C6H4IO3S. The largest absolute Gasteiger partial charge is 0.324 e. The maximum Gasteiger partial charge on any atom is 0.324 e. The van der Waals surface area contributed by atoms with E-state index >= 15 is 0 Å². The zero-order chi connectivity index (χ0) is 8.48. The highest BCUT2D eigenvalue weighted by Crippen LogP contribution is 2.11. The average Bonchev–Trinajstić information content (AvgIpc) is 1.86. The Morgan fingerprint density at radius 2 is 1.55 bits per heavy atom. The van der Waals surface area contributed by atoms with E-state index in [0.717, 1.165) is 3.57 Å². The van der Waals surface area contributed by atoms with Crippen molar-refractivity contribution < 1.29 is 13.0 Å². The van der Waals surface area contributed by atoms with Gasteiger partial charge < -0.3 is 0 Å². The van der Waals surface area contributed by atoms with Crippen LogP contribution in [-0.2, 0) is 14.7 Å². The summed E-state index contributed by atoms with van der Waals surface area (Å²) in [4.78, 5) is -0.182.